The number of para-hydroxylation sites is 1. The van der Waals surface area contributed by atoms with Crippen LogP contribution in [0.15, 0.2) is 53.4 Å². The first-order valence-corrected chi connectivity index (χ1v) is 11.2. The molecule has 8 heteroatoms. The van der Waals surface area contributed by atoms with Crippen molar-refractivity contribution < 1.29 is 16.8 Å². The molecule has 1 N–H and O–H groups in total. The van der Waals surface area contributed by atoms with Gasteiger partial charge in [-0.1, -0.05) is 36.4 Å². The van der Waals surface area contributed by atoms with Gasteiger partial charge in [0.15, 0.2) is 0 Å². The summed E-state index contributed by atoms with van der Waals surface area (Å²) in [5, 5.41) is 0. The van der Waals surface area contributed by atoms with Crippen molar-refractivity contribution in [2.45, 2.75) is 24.3 Å². The van der Waals surface area contributed by atoms with Gasteiger partial charge in [0.25, 0.3) is 0 Å². The van der Waals surface area contributed by atoms with E-state index in [1.54, 1.807) is 55.5 Å². The highest BCUT2D eigenvalue weighted by molar-refractivity contribution is 7.92. The lowest BCUT2D eigenvalue weighted by Gasteiger charge is -2.34. The standard InChI is InChI=1S/C17H20N2O4S2/c1-13-7-3-6-10-17(13)25(22,23)18-15-11-12-19(24(2,20)21)16-9-5-4-8-14(15)16/h3-10,15,18H,11-12H2,1-2H3. The molecule has 134 valence electrons. The third-order valence-electron chi connectivity index (χ3n) is 4.28. The number of anilines is 1. The van der Waals surface area contributed by atoms with Gasteiger partial charge in [0.2, 0.25) is 20.0 Å². The summed E-state index contributed by atoms with van der Waals surface area (Å²) in [5.74, 6) is 0. The number of sulfonamides is 2. The van der Waals surface area contributed by atoms with E-state index in [-0.39, 0.29) is 11.4 Å². The van der Waals surface area contributed by atoms with Gasteiger partial charge in [-0.25, -0.2) is 21.6 Å². The monoisotopic (exact) mass is 380 g/mol. The van der Waals surface area contributed by atoms with E-state index in [0.717, 1.165) is 6.26 Å². The summed E-state index contributed by atoms with van der Waals surface area (Å²) in [6, 6.07) is 13.3. The zero-order valence-corrected chi connectivity index (χ0v) is 15.6. The van der Waals surface area contributed by atoms with Crippen molar-refractivity contribution in [1.82, 2.24) is 4.72 Å². The van der Waals surface area contributed by atoms with E-state index >= 15 is 0 Å². The molecule has 2 aromatic rings. The average Bonchev–Trinajstić information content (AvgIpc) is 2.54. The Morgan fingerprint density at radius 2 is 1.64 bits per heavy atom. The highest BCUT2D eigenvalue weighted by Gasteiger charge is 2.32. The van der Waals surface area contributed by atoms with Gasteiger partial charge in [0.05, 0.1) is 22.9 Å². The number of nitrogens with zero attached hydrogens (tertiary/aromatic N) is 1. The molecule has 0 amide bonds. The second-order valence-electron chi connectivity index (χ2n) is 6.12. The third-order valence-corrected chi connectivity index (χ3v) is 7.09. The zero-order chi connectivity index (χ0) is 18.2. The van der Waals surface area contributed by atoms with Gasteiger partial charge in [0, 0.05) is 6.54 Å². The van der Waals surface area contributed by atoms with Crippen molar-refractivity contribution in [1.29, 1.82) is 0 Å². The molecule has 1 atom stereocenters. The Morgan fingerprint density at radius 3 is 2.32 bits per heavy atom. The van der Waals surface area contributed by atoms with E-state index in [0.29, 0.717) is 23.2 Å². The molecule has 0 spiro atoms. The predicted molar refractivity (Wildman–Crippen MR) is 97.5 cm³/mol. The summed E-state index contributed by atoms with van der Waals surface area (Å²) in [7, 11) is -7.11. The zero-order valence-electron chi connectivity index (χ0n) is 14.0. The number of hydrogen-bond donors (Lipinski definition) is 1. The van der Waals surface area contributed by atoms with E-state index in [1.165, 1.54) is 4.31 Å². The number of aryl methyl sites for hydroxylation is 1. The molecule has 1 unspecified atom stereocenters. The minimum absolute atomic E-state index is 0.233. The molecule has 0 aliphatic carbocycles. The van der Waals surface area contributed by atoms with E-state index in [9.17, 15) is 16.8 Å². The van der Waals surface area contributed by atoms with Crippen molar-refractivity contribution in [2.24, 2.45) is 0 Å². The third kappa shape index (κ3) is 3.56. The van der Waals surface area contributed by atoms with Crippen molar-refractivity contribution in [3.05, 3.63) is 59.7 Å². The molecule has 1 aliphatic rings. The molecule has 0 fully saturated rings. The highest BCUT2D eigenvalue weighted by atomic mass is 32.2. The number of rotatable bonds is 4. The lowest BCUT2D eigenvalue weighted by Crippen LogP contribution is -2.40. The molecule has 0 saturated heterocycles. The molecule has 0 bridgehead atoms. The second kappa shape index (κ2) is 6.44. The van der Waals surface area contributed by atoms with Crippen LogP contribution in [-0.4, -0.2) is 29.6 Å². The fourth-order valence-electron chi connectivity index (χ4n) is 3.11. The molecule has 0 saturated carbocycles. The first-order chi connectivity index (χ1) is 11.7. The summed E-state index contributed by atoms with van der Waals surface area (Å²) >= 11 is 0. The minimum atomic E-state index is -3.70. The molecule has 6 nitrogen and oxygen atoms in total. The molecule has 0 aromatic heterocycles. The van der Waals surface area contributed by atoms with E-state index < -0.39 is 26.1 Å². The van der Waals surface area contributed by atoms with E-state index in [1.807, 2.05) is 0 Å². The maximum absolute atomic E-state index is 12.8. The van der Waals surface area contributed by atoms with Gasteiger partial charge in [0.1, 0.15) is 0 Å². The first-order valence-electron chi connectivity index (χ1n) is 7.85. The van der Waals surface area contributed by atoms with Crippen LogP contribution in [0.4, 0.5) is 5.69 Å². The number of fused-ring (bicyclic) bond motifs is 1. The molecule has 1 heterocycles. The van der Waals surface area contributed by atoms with Crippen LogP contribution in [0, 0.1) is 6.92 Å². The lowest BCUT2D eigenvalue weighted by molar-refractivity contribution is 0.530. The SMILES string of the molecule is Cc1ccccc1S(=O)(=O)NC1CCN(S(C)(=O)=O)c2ccccc21. The van der Waals surface area contributed by atoms with Crippen LogP contribution < -0.4 is 9.03 Å². The van der Waals surface area contributed by atoms with Crippen LogP contribution in [0.25, 0.3) is 0 Å². The quantitative estimate of drug-likeness (QED) is 0.881. The molecule has 3 rings (SSSR count). The van der Waals surface area contributed by atoms with Gasteiger partial charge < -0.3 is 0 Å². The topological polar surface area (TPSA) is 83.6 Å². The Bertz CT molecular complexity index is 1000. The van der Waals surface area contributed by atoms with Gasteiger partial charge in [-0.2, -0.15) is 0 Å². The van der Waals surface area contributed by atoms with Crippen LogP contribution >= 0.6 is 0 Å². The van der Waals surface area contributed by atoms with Crippen molar-refractivity contribution >= 4 is 25.7 Å². The van der Waals surface area contributed by atoms with Crippen LogP contribution in [0.2, 0.25) is 0 Å². The first kappa shape index (κ1) is 17.9. The summed E-state index contributed by atoms with van der Waals surface area (Å²) < 4.78 is 53.6. The molecular formula is C17H20N2O4S2. The van der Waals surface area contributed by atoms with Crippen LogP contribution in [0.5, 0.6) is 0 Å². The maximum atomic E-state index is 12.8. The second-order valence-corrected chi connectivity index (χ2v) is 9.71. The van der Waals surface area contributed by atoms with E-state index in [2.05, 4.69) is 4.72 Å². The summed E-state index contributed by atoms with van der Waals surface area (Å²) in [6.07, 6.45) is 1.52. The Balaban J connectivity index is 1.98. The minimum Gasteiger partial charge on any atom is -0.270 e. The van der Waals surface area contributed by atoms with Gasteiger partial charge in [-0.15, -0.1) is 0 Å². The van der Waals surface area contributed by atoms with Crippen molar-refractivity contribution in [3.63, 3.8) is 0 Å². The van der Waals surface area contributed by atoms with Crippen molar-refractivity contribution in [3.8, 4) is 0 Å². The highest BCUT2D eigenvalue weighted by Crippen LogP contribution is 2.36. The largest absolute Gasteiger partial charge is 0.270 e. The van der Waals surface area contributed by atoms with Gasteiger partial charge in [-0.3, -0.25) is 4.31 Å². The van der Waals surface area contributed by atoms with E-state index in [4.69, 9.17) is 0 Å². The van der Waals surface area contributed by atoms with Crippen LogP contribution in [0.3, 0.4) is 0 Å². The molecule has 2 aromatic carbocycles. The number of benzene rings is 2. The summed E-state index contributed by atoms with van der Waals surface area (Å²) in [4.78, 5) is 0.234. The normalized spacial score (nSPS) is 18.0. The smallest absolute Gasteiger partial charge is 0.241 e. The fraction of sp³-hybridized carbons (Fsp3) is 0.294. The Kier molecular flexibility index (Phi) is 4.61. The Labute approximate surface area is 148 Å². The van der Waals surface area contributed by atoms with Gasteiger partial charge in [-0.05, 0) is 36.6 Å². The molecule has 0 radical (unpaired) electrons. The molecular weight excluding hydrogens is 360 g/mol. The maximum Gasteiger partial charge on any atom is 0.241 e. The average molecular weight is 380 g/mol. The van der Waals surface area contributed by atoms with Crippen LogP contribution in [-0.2, 0) is 20.0 Å². The van der Waals surface area contributed by atoms with Crippen LogP contribution in [0.1, 0.15) is 23.6 Å². The lowest BCUT2D eigenvalue weighted by atomic mass is 9.99. The molecule has 25 heavy (non-hydrogen) atoms. The van der Waals surface area contributed by atoms with Gasteiger partial charge >= 0.3 is 0 Å². The summed E-state index contributed by atoms with van der Waals surface area (Å²) in [6.45, 7) is 1.98. The predicted octanol–water partition coefficient (Wildman–Crippen LogP) is 2.18. The fourth-order valence-corrected chi connectivity index (χ4v) is 5.56. The number of hydrogen-bond acceptors (Lipinski definition) is 4. The van der Waals surface area contributed by atoms with Crippen molar-refractivity contribution in [2.75, 3.05) is 17.1 Å². The Morgan fingerprint density at radius 1 is 1.00 bits per heavy atom. The molecule has 1 aliphatic heterocycles. The summed E-state index contributed by atoms with van der Waals surface area (Å²) in [5.41, 5.74) is 1.85. The number of nitrogens with one attached hydrogen (secondary N) is 1. The Hall–Kier alpha value is -1.90.